The van der Waals surface area contributed by atoms with Crippen LogP contribution in [0.1, 0.15) is 38.1 Å². The van der Waals surface area contributed by atoms with Crippen molar-refractivity contribution in [1.82, 2.24) is 24.1 Å². The molecule has 2 aromatic carbocycles. The fourth-order valence-corrected chi connectivity index (χ4v) is 5.16. The molecule has 8 heteroatoms. The molecule has 0 aliphatic heterocycles. The van der Waals surface area contributed by atoms with Crippen LogP contribution in [0.15, 0.2) is 53.6 Å². The summed E-state index contributed by atoms with van der Waals surface area (Å²) in [6.07, 6.45) is 7.15. The number of benzene rings is 2. The van der Waals surface area contributed by atoms with Crippen molar-refractivity contribution in [2.75, 3.05) is 7.11 Å². The minimum atomic E-state index is -0.0696. The fraction of sp³-hybridized carbons (Fsp3) is 0.280. The number of para-hydroxylation sites is 2. The third-order valence-corrected chi connectivity index (χ3v) is 6.85. The first-order valence-electron chi connectivity index (χ1n) is 11.2. The number of methoxy groups -OCH3 is 1. The monoisotopic (exact) mass is 459 g/mol. The number of hydrogen-bond donors (Lipinski definition) is 0. The fourth-order valence-electron chi connectivity index (χ4n) is 4.91. The van der Waals surface area contributed by atoms with Crippen molar-refractivity contribution in [2.24, 2.45) is 0 Å². The molecule has 166 valence electrons. The summed E-state index contributed by atoms with van der Waals surface area (Å²) in [5.74, 6) is 0.574. The number of aromatic nitrogens is 5. The highest BCUT2D eigenvalue weighted by atomic mass is 35.5. The number of fused-ring (bicyclic) bond motifs is 4. The highest BCUT2D eigenvalue weighted by molar-refractivity contribution is 6.32. The van der Waals surface area contributed by atoms with Gasteiger partial charge in [-0.25, -0.2) is 15.0 Å². The van der Waals surface area contributed by atoms with Gasteiger partial charge in [0.15, 0.2) is 11.3 Å². The average Bonchev–Trinajstić information content (AvgIpc) is 3.17. The molecule has 0 saturated heterocycles. The van der Waals surface area contributed by atoms with Crippen LogP contribution in [0.4, 0.5) is 0 Å². The summed E-state index contributed by atoms with van der Waals surface area (Å²) in [7, 11) is 1.58. The summed E-state index contributed by atoms with van der Waals surface area (Å²) in [5, 5.41) is 0.956. The first kappa shape index (κ1) is 20.2. The zero-order valence-corrected chi connectivity index (χ0v) is 18.9. The van der Waals surface area contributed by atoms with Crippen LogP contribution in [0.25, 0.3) is 38.9 Å². The first-order chi connectivity index (χ1) is 16.2. The summed E-state index contributed by atoms with van der Waals surface area (Å²) < 4.78 is 8.97. The molecular formula is C25H22ClN5O2. The van der Waals surface area contributed by atoms with Gasteiger partial charge in [-0.05, 0) is 43.2 Å². The number of rotatable bonds is 3. The Bertz CT molecular complexity index is 1580. The molecule has 0 spiro atoms. The van der Waals surface area contributed by atoms with Gasteiger partial charge < -0.3 is 4.74 Å². The minimum Gasteiger partial charge on any atom is -0.495 e. The molecule has 0 unspecified atom stereocenters. The predicted molar refractivity (Wildman–Crippen MR) is 130 cm³/mol. The lowest BCUT2D eigenvalue weighted by Gasteiger charge is -2.23. The highest BCUT2D eigenvalue weighted by Gasteiger charge is 2.24. The zero-order chi connectivity index (χ0) is 22.5. The normalized spacial score (nSPS) is 15.0. The van der Waals surface area contributed by atoms with E-state index in [1.54, 1.807) is 30.1 Å². The summed E-state index contributed by atoms with van der Waals surface area (Å²) in [6.45, 7) is 0. The topological polar surface area (TPSA) is 74.8 Å². The average molecular weight is 460 g/mol. The maximum atomic E-state index is 13.8. The Hall–Kier alpha value is -3.45. The van der Waals surface area contributed by atoms with Crippen molar-refractivity contribution in [1.29, 1.82) is 0 Å². The molecule has 0 N–H and O–H groups in total. The maximum absolute atomic E-state index is 13.8. The Labute approximate surface area is 194 Å². The molecule has 6 rings (SSSR count). The van der Waals surface area contributed by atoms with Crippen molar-refractivity contribution >= 4 is 44.8 Å². The van der Waals surface area contributed by atoms with E-state index in [1.807, 2.05) is 34.9 Å². The number of nitrogens with zero attached hydrogens (tertiary/aromatic N) is 5. The van der Waals surface area contributed by atoms with E-state index >= 15 is 0 Å². The van der Waals surface area contributed by atoms with Gasteiger partial charge in [0, 0.05) is 6.04 Å². The van der Waals surface area contributed by atoms with Crippen LogP contribution in [0.3, 0.4) is 0 Å². The molecule has 7 nitrogen and oxygen atoms in total. The van der Waals surface area contributed by atoms with E-state index < -0.39 is 0 Å². The summed E-state index contributed by atoms with van der Waals surface area (Å²) in [5.41, 5.74) is 3.82. The third kappa shape index (κ3) is 3.18. The standard InChI is InChI=1S/C25H22ClN5O2/c1-33-20-12-11-16(13-17(20)26)31-23-21(22-24(31)29-19-10-6-5-9-18(19)28-22)25(32)30(14-27-23)15-7-3-2-4-8-15/h5-6,9-15H,2-4,7-8H2,1H3. The predicted octanol–water partition coefficient (Wildman–Crippen LogP) is 5.45. The van der Waals surface area contributed by atoms with Gasteiger partial charge in [-0.2, -0.15) is 0 Å². The van der Waals surface area contributed by atoms with Gasteiger partial charge in [-0.1, -0.05) is 43.0 Å². The Morgan fingerprint density at radius 3 is 2.48 bits per heavy atom. The third-order valence-electron chi connectivity index (χ3n) is 6.55. The largest absolute Gasteiger partial charge is 0.495 e. The second-order valence-corrected chi connectivity index (χ2v) is 8.89. The first-order valence-corrected chi connectivity index (χ1v) is 11.6. The molecule has 3 aromatic heterocycles. The molecule has 1 fully saturated rings. The van der Waals surface area contributed by atoms with Crippen LogP contribution in [-0.4, -0.2) is 31.2 Å². The molecule has 1 aliphatic rings. The SMILES string of the molecule is COc1ccc(-n2c3nc4ccccc4nc3c3c(=O)n(C4CCCCC4)cnc32)cc1Cl. The molecular weight excluding hydrogens is 438 g/mol. The zero-order valence-electron chi connectivity index (χ0n) is 18.2. The van der Waals surface area contributed by atoms with E-state index in [-0.39, 0.29) is 11.6 Å². The van der Waals surface area contributed by atoms with Gasteiger partial charge in [0.25, 0.3) is 5.56 Å². The van der Waals surface area contributed by atoms with Crippen molar-refractivity contribution in [3.05, 3.63) is 64.2 Å². The van der Waals surface area contributed by atoms with E-state index in [0.29, 0.717) is 33.0 Å². The van der Waals surface area contributed by atoms with Gasteiger partial charge >= 0.3 is 0 Å². The van der Waals surface area contributed by atoms with Crippen LogP contribution in [0.5, 0.6) is 5.75 Å². The van der Waals surface area contributed by atoms with E-state index in [2.05, 4.69) is 0 Å². The molecule has 1 aliphatic carbocycles. The molecule has 1 saturated carbocycles. The second kappa shape index (κ2) is 7.85. The highest BCUT2D eigenvalue weighted by Crippen LogP contribution is 2.33. The van der Waals surface area contributed by atoms with E-state index in [1.165, 1.54) is 6.42 Å². The molecule has 0 amide bonds. The Balaban J connectivity index is 1.71. The second-order valence-electron chi connectivity index (χ2n) is 8.49. The lowest BCUT2D eigenvalue weighted by molar-refractivity contribution is 0.345. The van der Waals surface area contributed by atoms with Crippen LogP contribution < -0.4 is 10.3 Å². The van der Waals surface area contributed by atoms with E-state index in [0.717, 1.165) is 42.4 Å². The number of halogens is 1. The minimum absolute atomic E-state index is 0.0696. The lowest BCUT2D eigenvalue weighted by Crippen LogP contribution is -2.26. The van der Waals surface area contributed by atoms with Gasteiger partial charge in [0.05, 0.1) is 28.9 Å². The van der Waals surface area contributed by atoms with Crippen LogP contribution in [0.2, 0.25) is 5.02 Å². The summed E-state index contributed by atoms with van der Waals surface area (Å²) >= 11 is 6.44. The molecule has 5 aromatic rings. The molecule has 33 heavy (non-hydrogen) atoms. The van der Waals surface area contributed by atoms with Gasteiger partial charge in [0.2, 0.25) is 0 Å². The van der Waals surface area contributed by atoms with Crippen molar-refractivity contribution < 1.29 is 4.74 Å². The maximum Gasteiger partial charge on any atom is 0.265 e. The number of ether oxygens (including phenoxy) is 1. The van der Waals surface area contributed by atoms with Gasteiger partial charge in [-0.3, -0.25) is 13.9 Å². The Kier molecular flexibility index (Phi) is 4.80. The van der Waals surface area contributed by atoms with Crippen molar-refractivity contribution in [2.45, 2.75) is 38.1 Å². The summed E-state index contributed by atoms with van der Waals surface area (Å²) in [4.78, 5) is 28.3. The van der Waals surface area contributed by atoms with Gasteiger partial charge in [-0.15, -0.1) is 0 Å². The quantitative estimate of drug-likeness (QED) is 0.358. The van der Waals surface area contributed by atoms with E-state index in [9.17, 15) is 4.79 Å². The van der Waals surface area contributed by atoms with E-state index in [4.69, 9.17) is 31.3 Å². The molecule has 0 atom stereocenters. The molecule has 0 radical (unpaired) electrons. The smallest absolute Gasteiger partial charge is 0.265 e. The Morgan fingerprint density at radius 2 is 1.76 bits per heavy atom. The van der Waals surface area contributed by atoms with Crippen LogP contribution in [0, 0.1) is 0 Å². The van der Waals surface area contributed by atoms with Crippen molar-refractivity contribution in [3.63, 3.8) is 0 Å². The lowest BCUT2D eigenvalue weighted by atomic mass is 9.95. The summed E-state index contributed by atoms with van der Waals surface area (Å²) in [6, 6.07) is 13.3. The molecule has 0 bridgehead atoms. The van der Waals surface area contributed by atoms with Crippen molar-refractivity contribution in [3.8, 4) is 11.4 Å². The van der Waals surface area contributed by atoms with Crippen LogP contribution >= 0.6 is 11.6 Å². The number of hydrogen-bond acceptors (Lipinski definition) is 5. The van der Waals surface area contributed by atoms with Gasteiger partial charge in [0.1, 0.15) is 23.0 Å². The Morgan fingerprint density at radius 1 is 1.00 bits per heavy atom. The molecule has 3 heterocycles. The van der Waals surface area contributed by atoms with Crippen LogP contribution in [-0.2, 0) is 0 Å².